The van der Waals surface area contributed by atoms with Crippen molar-refractivity contribution in [3.8, 4) is 0 Å². The third-order valence-corrected chi connectivity index (χ3v) is 4.23. The van der Waals surface area contributed by atoms with Crippen LogP contribution in [0.4, 0.5) is 0 Å². The lowest BCUT2D eigenvalue weighted by molar-refractivity contribution is -0.132. The Hall–Kier alpha value is -1.83. The zero-order chi connectivity index (χ0) is 13.9. The maximum absolute atomic E-state index is 12.5. The maximum atomic E-state index is 12.5. The van der Waals surface area contributed by atoms with E-state index in [0.29, 0.717) is 12.3 Å². The average molecular weight is 267 g/mol. The molecule has 0 aliphatic carbocycles. The summed E-state index contributed by atoms with van der Waals surface area (Å²) in [6.45, 7) is 4.08. The van der Waals surface area contributed by atoms with Crippen LogP contribution in [0.5, 0.6) is 0 Å². The van der Waals surface area contributed by atoms with Gasteiger partial charge in [-0.2, -0.15) is 0 Å². The van der Waals surface area contributed by atoms with Gasteiger partial charge in [-0.15, -0.1) is 0 Å². The van der Waals surface area contributed by atoms with E-state index in [-0.39, 0.29) is 5.91 Å². The molecule has 0 aromatic heterocycles. The largest absolute Gasteiger partial charge is 0.342 e. The minimum atomic E-state index is 0.271. The lowest BCUT2D eigenvalue weighted by Crippen LogP contribution is -2.39. The molecule has 0 bridgehead atoms. The van der Waals surface area contributed by atoms with Gasteiger partial charge in [0.25, 0.3) is 0 Å². The van der Waals surface area contributed by atoms with Gasteiger partial charge < -0.3 is 4.90 Å². The van der Waals surface area contributed by atoms with Crippen molar-refractivity contribution < 1.29 is 4.79 Å². The Labute approximate surface area is 120 Å². The fourth-order valence-corrected chi connectivity index (χ4v) is 3.14. The summed E-state index contributed by atoms with van der Waals surface area (Å²) < 4.78 is 0. The van der Waals surface area contributed by atoms with E-state index in [4.69, 9.17) is 0 Å². The average Bonchev–Trinajstić information content (AvgIpc) is 2.47. The van der Waals surface area contributed by atoms with E-state index in [1.165, 1.54) is 17.2 Å². The second kappa shape index (κ2) is 5.66. The van der Waals surface area contributed by atoms with E-state index in [0.717, 1.165) is 25.1 Å². The van der Waals surface area contributed by atoms with E-state index in [2.05, 4.69) is 31.2 Å². The molecule has 0 saturated carbocycles. The van der Waals surface area contributed by atoms with E-state index in [9.17, 15) is 4.79 Å². The van der Waals surface area contributed by atoms with Gasteiger partial charge in [0.05, 0.1) is 6.42 Å². The van der Waals surface area contributed by atoms with Gasteiger partial charge in [0.1, 0.15) is 0 Å². The Morgan fingerprint density at radius 3 is 2.85 bits per heavy atom. The van der Waals surface area contributed by atoms with Crippen LogP contribution in [0, 0.1) is 5.92 Å². The molecule has 1 aliphatic rings. The lowest BCUT2D eigenvalue weighted by atomic mass is 9.98. The fourth-order valence-electron chi connectivity index (χ4n) is 3.14. The van der Waals surface area contributed by atoms with Gasteiger partial charge >= 0.3 is 0 Å². The van der Waals surface area contributed by atoms with Gasteiger partial charge in [-0.25, -0.2) is 0 Å². The van der Waals surface area contributed by atoms with Gasteiger partial charge in [-0.05, 0) is 35.1 Å². The Morgan fingerprint density at radius 2 is 2.00 bits per heavy atom. The summed E-state index contributed by atoms with van der Waals surface area (Å²) in [6.07, 6.45) is 2.91. The quantitative estimate of drug-likeness (QED) is 0.813. The number of hydrogen-bond donors (Lipinski definition) is 0. The molecular formula is C18H21NO. The van der Waals surface area contributed by atoms with E-state index < -0.39 is 0 Å². The third kappa shape index (κ3) is 2.69. The first kappa shape index (κ1) is 13.2. The van der Waals surface area contributed by atoms with Crippen molar-refractivity contribution in [2.75, 3.05) is 13.1 Å². The molecule has 1 saturated heterocycles. The highest BCUT2D eigenvalue weighted by atomic mass is 16.2. The summed E-state index contributed by atoms with van der Waals surface area (Å²) in [5.74, 6) is 0.910. The summed E-state index contributed by atoms with van der Waals surface area (Å²) >= 11 is 0. The Kier molecular flexibility index (Phi) is 3.72. The number of carbonyl (C=O) groups excluding carboxylic acids is 1. The molecule has 2 heteroatoms. The molecule has 104 valence electrons. The zero-order valence-electron chi connectivity index (χ0n) is 12.0. The predicted octanol–water partition coefficient (Wildman–Crippen LogP) is 3.64. The first-order valence-corrected chi connectivity index (χ1v) is 7.48. The van der Waals surface area contributed by atoms with Crippen LogP contribution in [0.2, 0.25) is 0 Å². The number of nitrogens with zero attached hydrogens (tertiary/aromatic N) is 1. The topological polar surface area (TPSA) is 20.3 Å². The molecule has 1 atom stereocenters. The first-order chi connectivity index (χ1) is 9.74. The molecule has 0 spiro atoms. The number of likely N-dealkylation sites (tertiary alicyclic amines) is 1. The number of amides is 1. The van der Waals surface area contributed by atoms with Crippen molar-refractivity contribution in [2.24, 2.45) is 5.92 Å². The molecule has 3 rings (SSSR count). The molecule has 1 aliphatic heterocycles. The van der Waals surface area contributed by atoms with Gasteiger partial charge in [-0.3, -0.25) is 4.79 Å². The van der Waals surface area contributed by atoms with Gasteiger partial charge in [-0.1, -0.05) is 49.4 Å². The highest BCUT2D eigenvalue weighted by molar-refractivity contribution is 5.90. The summed E-state index contributed by atoms with van der Waals surface area (Å²) in [7, 11) is 0. The minimum Gasteiger partial charge on any atom is -0.342 e. The van der Waals surface area contributed by atoms with Crippen LogP contribution in [0.25, 0.3) is 10.8 Å². The number of rotatable bonds is 2. The maximum Gasteiger partial charge on any atom is 0.227 e. The van der Waals surface area contributed by atoms with Crippen molar-refractivity contribution in [1.82, 2.24) is 4.90 Å². The van der Waals surface area contributed by atoms with Crippen LogP contribution in [0.1, 0.15) is 25.3 Å². The molecule has 0 unspecified atom stereocenters. The van der Waals surface area contributed by atoms with Crippen LogP contribution in [-0.2, 0) is 11.2 Å². The SMILES string of the molecule is C[C@H]1CCCN(C(=O)Cc2cccc3ccccc23)C1. The standard InChI is InChI=1S/C18H21NO/c1-14-6-5-11-19(13-14)18(20)12-16-9-4-8-15-7-2-3-10-17(15)16/h2-4,7-10,14H,5-6,11-13H2,1H3/t14-/m0/s1. The molecule has 1 fully saturated rings. The molecule has 2 aromatic carbocycles. The van der Waals surface area contributed by atoms with Gasteiger partial charge in [0, 0.05) is 13.1 Å². The van der Waals surface area contributed by atoms with Crippen molar-refractivity contribution in [1.29, 1.82) is 0 Å². The summed E-state index contributed by atoms with van der Waals surface area (Å²) in [4.78, 5) is 14.5. The summed E-state index contributed by atoms with van der Waals surface area (Å²) in [5.41, 5.74) is 1.14. The third-order valence-electron chi connectivity index (χ3n) is 4.23. The van der Waals surface area contributed by atoms with Crippen LogP contribution in [-0.4, -0.2) is 23.9 Å². The fraction of sp³-hybridized carbons (Fsp3) is 0.389. The zero-order valence-corrected chi connectivity index (χ0v) is 12.0. The molecule has 1 amide bonds. The van der Waals surface area contributed by atoms with Gasteiger partial charge in [0.15, 0.2) is 0 Å². The van der Waals surface area contributed by atoms with Crippen molar-refractivity contribution in [3.05, 3.63) is 48.0 Å². The van der Waals surface area contributed by atoms with Crippen LogP contribution in [0.15, 0.2) is 42.5 Å². The molecule has 0 radical (unpaired) electrons. The number of hydrogen-bond acceptors (Lipinski definition) is 1. The summed E-state index contributed by atoms with van der Waals surface area (Å²) in [6, 6.07) is 14.5. The van der Waals surface area contributed by atoms with E-state index in [1.807, 2.05) is 23.1 Å². The highest BCUT2D eigenvalue weighted by Gasteiger charge is 2.21. The molecule has 0 N–H and O–H groups in total. The second-order valence-corrected chi connectivity index (χ2v) is 5.90. The lowest BCUT2D eigenvalue weighted by Gasteiger charge is -2.31. The number of fused-ring (bicyclic) bond motifs is 1. The van der Waals surface area contributed by atoms with Crippen LogP contribution >= 0.6 is 0 Å². The molecule has 2 aromatic rings. The summed E-state index contributed by atoms with van der Waals surface area (Å²) in [5, 5.41) is 2.42. The van der Waals surface area contributed by atoms with Crippen LogP contribution < -0.4 is 0 Å². The molecule has 20 heavy (non-hydrogen) atoms. The monoisotopic (exact) mass is 267 g/mol. The Bertz CT molecular complexity index is 614. The first-order valence-electron chi connectivity index (χ1n) is 7.48. The predicted molar refractivity (Wildman–Crippen MR) is 82.6 cm³/mol. The van der Waals surface area contributed by atoms with Crippen molar-refractivity contribution in [3.63, 3.8) is 0 Å². The molecular weight excluding hydrogens is 246 g/mol. The molecule has 1 heterocycles. The number of carbonyl (C=O) groups is 1. The second-order valence-electron chi connectivity index (χ2n) is 5.90. The van der Waals surface area contributed by atoms with Crippen molar-refractivity contribution >= 4 is 16.7 Å². The molecule has 2 nitrogen and oxygen atoms in total. The highest BCUT2D eigenvalue weighted by Crippen LogP contribution is 2.21. The minimum absolute atomic E-state index is 0.271. The van der Waals surface area contributed by atoms with E-state index >= 15 is 0 Å². The number of benzene rings is 2. The van der Waals surface area contributed by atoms with Gasteiger partial charge in [0.2, 0.25) is 5.91 Å². The smallest absolute Gasteiger partial charge is 0.227 e. The van der Waals surface area contributed by atoms with Crippen molar-refractivity contribution in [2.45, 2.75) is 26.2 Å². The van der Waals surface area contributed by atoms with E-state index in [1.54, 1.807) is 0 Å². The Balaban J connectivity index is 1.80. The Morgan fingerprint density at radius 1 is 1.20 bits per heavy atom. The van der Waals surface area contributed by atoms with Crippen LogP contribution in [0.3, 0.4) is 0 Å². The normalized spacial score (nSPS) is 19.2. The number of piperidine rings is 1.